The highest BCUT2D eigenvalue weighted by molar-refractivity contribution is 7.99. The monoisotopic (exact) mass is 452 g/mol. The largest absolute Gasteiger partial charge is 0.497 e. The van der Waals surface area contributed by atoms with Gasteiger partial charge in [-0.1, -0.05) is 30.0 Å². The van der Waals surface area contributed by atoms with E-state index in [9.17, 15) is 13.6 Å². The van der Waals surface area contributed by atoms with Gasteiger partial charge in [-0.2, -0.15) is 0 Å². The van der Waals surface area contributed by atoms with Crippen LogP contribution in [0.25, 0.3) is 17.1 Å². The highest BCUT2D eigenvalue weighted by Crippen LogP contribution is 2.29. The molecule has 1 N–H and O–H groups in total. The van der Waals surface area contributed by atoms with Crippen LogP contribution in [0.2, 0.25) is 0 Å². The van der Waals surface area contributed by atoms with Crippen LogP contribution in [0.15, 0.2) is 78.0 Å². The van der Waals surface area contributed by atoms with Crippen molar-refractivity contribution in [3.8, 4) is 22.8 Å². The molecule has 6 nitrogen and oxygen atoms in total. The number of methoxy groups -OCH3 is 1. The van der Waals surface area contributed by atoms with Crippen molar-refractivity contribution in [1.82, 2.24) is 14.8 Å². The maximum absolute atomic E-state index is 13.4. The number of para-hydroxylation sites is 1. The number of benzene rings is 3. The van der Waals surface area contributed by atoms with Crippen molar-refractivity contribution in [3.05, 3.63) is 84.4 Å². The van der Waals surface area contributed by atoms with Gasteiger partial charge in [-0.15, -0.1) is 10.2 Å². The lowest BCUT2D eigenvalue weighted by atomic mass is 10.2. The summed E-state index contributed by atoms with van der Waals surface area (Å²) in [7, 11) is 1.60. The van der Waals surface area contributed by atoms with Gasteiger partial charge in [0.05, 0.1) is 12.9 Å². The minimum Gasteiger partial charge on any atom is -0.497 e. The Hall–Kier alpha value is -3.72. The molecule has 0 radical (unpaired) electrons. The van der Waals surface area contributed by atoms with Gasteiger partial charge in [0.2, 0.25) is 5.91 Å². The number of nitrogens with one attached hydrogen (secondary N) is 1. The molecule has 162 valence electrons. The third-order valence-electron chi connectivity index (χ3n) is 4.53. The van der Waals surface area contributed by atoms with E-state index < -0.39 is 11.6 Å². The third kappa shape index (κ3) is 4.78. The summed E-state index contributed by atoms with van der Waals surface area (Å²) in [6.45, 7) is 0. The average Bonchev–Trinajstić information content (AvgIpc) is 3.25. The molecule has 32 heavy (non-hydrogen) atoms. The van der Waals surface area contributed by atoms with E-state index in [1.54, 1.807) is 7.11 Å². The SMILES string of the molecule is COc1ccc(-c2nnc(SCC(=O)Nc3ccc(F)c(F)c3)n2-c2ccccc2)cc1. The van der Waals surface area contributed by atoms with E-state index >= 15 is 0 Å². The number of ether oxygens (including phenoxy) is 1. The lowest BCUT2D eigenvalue weighted by molar-refractivity contribution is -0.113. The van der Waals surface area contributed by atoms with Crippen LogP contribution in [0.3, 0.4) is 0 Å². The van der Waals surface area contributed by atoms with Crippen molar-refractivity contribution < 1.29 is 18.3 Å². The molecule has 0 saturated heterocycles. The van der Waals surface area contributed by atoms with Crippen molar-refractivity contribution in [1.29, 1.82) is 0 Å². The number of thioether (sulfide) groups is 1. The predicted octanol–water partition coefficient (Wildman–Crippen LogP) is 4.95. The van der Waals surface area contributed by atoms with E-state index in [0.29, 0.717) is 11.0 Å². The zero-order chi connectivity index (χ0) is 22.5. The second-order valence-corrected chi connectivity index (χ2v) is 7.61. The number of hydrogen-bond acceptors (Lipinski definition) is 5. The molecule has 0 aliphatic rings. The molecule has 0 saturated carbocycles. The molecule has 1 aromatic heterocycles. The smallest absolute Gasteiger partial charge is 0.234 e. The normalized spacial score (nSPS) is 10.7. The summed E-state index contributed by atoms with van der Waals surface area (Å²) in [6.07, 6.45) is 0. The zero-order valence-electron chi connectivity index (χ0n) is 17.0. The maximum atomic E-state index is 13.4. The first-order chi connectivity index (χ1) is 15.5. The number of anilines is 1. The minimum atomic E-state index is -1.02. The Morgan fingerprint density at radius 1 is 1.00 bits per heavy atom. The number of amides is 1. The second kappa shape index (κ2) is 9.61. The van der Waals surface area contributed by atoms with Crippen LogP contribution in [0, 0.1) is 11.6 Å². The lowest BCUT2D eigenvalue weighted by Crippen LogP contribution is -2.14. The molecular formula is C23H18F2N4O2S. The number of carbonyl (C=O) groups excluding carboxylic acids is 1. The molecule has 1 heterocycles. The fourth-order valence-corrected chi connectivity index (χ4v) is 3.75. The summed E-state index contributed by atoms with van der Waals surface area (Å²) in [4.78, 5) is 12.4. The molecule has 0 aliphatic heterocycles. The molecular weight excluding hydrogens is 434 g/mol. The van der Waals surface area contributed by atoms with Gasteiger partial charge < -0.3 is 10.1 Å². The summed E-state index contributed by atoms with van der Waals surface area (Å²) in [5, 5.41) is 11.7. The molecule has 4 aromatic rings. The molecule has 0 bridgehead atoms. The van der Waals surface area contributed by atoms with E-state index in [1.807, 2.05) is 59.2 Å². The van der Waals surface area contributed by atoms with E-state index in [4.69, 9.17) is 4.74 Å². The Bertz CT molecular complexity index is 1230. The second-order valence-electron chi connectivity index (χ2n) is 6.67. The van der Waals surface area contributed by atoms with Crippen LogP contribution in [-0.2, 0) is 4.79 Å². The van der Waals surface area contributed by atoms with Crippen LogP contribution in [0.4, 0.5) is 14.5 Å². The summed E-state index contributed by atoms with van der Waals surface area (Å²) >= 11 is 1.18. The number of nitrogens with zero attached hydrogens (tertiary/aromatic N) is 3. The fourth-order valence-electron chi connectivity index (χ4n) is 3.00. The first-order valence-electron chi connectivity index (χ1n) is 9.58. The molecule has 0 atom stereocenters. The maximum Gasteiger partial charge on any atom is 0.234 e. The summed E-state index contributed by atoms with van der Waals surface area (Å²) < 4.78 is 33.5. The molecule has 0 fully saturated rings. The first kappa shape index (κ1) is 21.5. The van der Waals surface area contributed by atoms with E-state index in [1.165, 1.54) is 17.8 Å². The topological polar surface area (TPSA) is 69.0 Å². The molecule has 0 aliphatic carbocycles. The average molecular weight is 452 g/mol. The molecule has 1 amide bonds. The Morgan fingerprint density at radius 2 is 1.75 bits per heavy atom. The summed E-state index contributed by atoms with van der Waals surface area (Å²) in [5.41, 5.74) is 1.85. The standard InChI is InChI=1S/C23H18F2N4O2S/c1-31-18-10-7-15(8-11-18)22-27-28-23(29(22)17-5-3-2-4-6-17)32-14-21(30)26-16-9-12-19(24)20(25)13-16/h2-13H,14H2,1H3,(H,26,30). The number of carbonyl (C=O) groups is 1. The van der Waals surface area contributed by atoms with Crippen molar-refractivity contribution in [2.75, 3.05) is 18.2 Å². The number of aromatic nitrogens is 3. The van der Waals surface area contributed by atoms with Gasteiger partial charge in [0.15, 0.2) is 22.6 Å². The molecule has 0 unspecified atom stereocenters. The number of hydrogen-bond donors (Lipinski definition) is 1. The quantitative estimate of drug-likeness (QED) is 0.402. The van der Waals surface area contributed by atoms with Crippen molar-refractivity contribution in [2.45, 2.75) is 5.16 Å². The Kier molecular flexibility index (Phi) is 6.46. The predicted molar refractivity (Wildman–Crippen MR) is 119 cm³/mol. The van der Waals surface area contributed by atoms with E-state index in [2.05, 4.69) is 15.5 Å². The van der Waals surface area contributed by atoms with Gasteiger partial charge in [0.1, 0.15) is 5.75 Å². The van der Waals surface area contributed by atoms with Gasteiger partial charge in [0.25, 0.3) is 0 Å². The molecule has 0 spiro atoms. The highest BCUT2D eigenvalue weighted by Gasteiger charge is 2.17. The Balaban J connectivity index is 1.57. The van der Waals surface area contributed by atoms with E-state index in [-0.39, 0.29) is 17.3 Å². The summed E-state index contributed by atoms with van der Waals surface area (Å²) in [6, 6.07) is 20.2. The van der Waals surface area contributed by atoms with Gasteiger partial charge >= 0.3 is 0 Å². The van der Waals surface area contributed by atoms with Crippen LogP contribution < -0.4 is 10.1 Å². The van der Waals surface area contributed by atoms with Gasteiger partial charge in [0, 0.05) is 23.0 Å². The van der Waals surface area contributed by atoms with Crippen LogP contribution in [0.5, 0.6) is 5.75 Å². The molecule has 4 rings (SSSR count). The Labute approximate surface area is 187 Å². The fraction of sp³-hybridized carbons (Fsp3) is 0.0870. The third-order valence-corrected chi connectivity index (χ3v) is 5.46. The lowest BCUT2D eigenvalue weighted by Gasteiger charge is -2.11. The van der Waals surface area contributed by atoms with Crippen LogP contribution in [-0.4, -0.2) is 33.5 Å². The zero-order valence-corrected chi connectivity index (χ0v) is 17.8. The van der Waals surface area contributed by atoms with Crippen LogP contribution >= 0.6 is 11.8 Å². The van der Waals surface area contributed by atoms with Gasteiger partial charge in [-0.25, -0.2) is 8.78 Å². The van der Waals surface area contributed by atoms with Crippen LogP contribution in [0.1, 0.15) is 0 Å². The van der Waals surface area contributed by atoms with Crippen molar-refractivity contribution in [3.63, 3.8) is 0 Å². The molecule has 9 heteroatoms. The Morgan fingerprint density at radius 3 is 2.44 bits per heavy atom. The number of halogens is 2. The minimum absolute atomic E-state index is 0.00652. The van der Waals surface area contributed by atoms with Crippen molar-refractivity contribution >= 4 is 23.4 Å². The highest BCUT2D eigenvalue weighted by atomic mass is 32.2. The van der Waals surface area contributed by atoms with Gasteiger partial charge in [-0.05, 0) is 48.5 Å². The van der Waals surface area contributed by atoms with E-state index in [0.717, 1.165) is 29.1 Å². The van der Waals surface area contributed by atoms with Gasteiger partial charge in [-0.3, -0.25) is 9.36 Å². The molecule has 3 aromatic carbocycles. The number of rotatable bonds is 7. The van der Waals surface area contributed by atoms with Crippen molar-refractivity contribution in [2.24, 2.45) is 0 Å². The summed E-state index contributed by atoms with van der Waals surface area (Å²) in [5.74, 6) is -1.03. The first-order valence-corrected chi connectivity index (χ1v) is 10.6.